The highest BCUT2D eigenvalue weighted by atomic mass is 19.1. The van der Waals surface area contributed by atoms with Gasteiger partial charge in [-0.1, -0.05) is 5.16 Å². The minimum atomic E-state index is -1.53. The Morgan fingerprint density at radius 2 is 2.29 bits per heavy atom. The summed E-state index contributed by atoms with van der Waals surface area (Å²) in [6, 6.07) is 1.40. The molecule has 0 atom stereocenters. The zero-order valence-corrected chi connectivity index (χ0v) is 10.7. The summed E-state index contributed by atoms with van der Waals surface area (Å²) < 4.78 is 18.2. The maximum Gasteiger partial charge on any atom is 0.338 e. The first-order chi connectivity index (χ1) is 9.88. The van der Waals surface area contributed by atoms with E-state index in [-0.39, 0.29) is 18.1 Å². The molecular formula is C11H9FN4O5. The van der Waals surface area contributed by atoms with Crippen molar-refractivity contribution in [3.63, 3.8) is 0 Å². The molecule has 0 saturated carbocycles. The van der Waals surface area contributed by atoms with Crippen LogP contribution < -0.4 is 5.32 Å². The number of anilines is 1. The van der Waals surface area contributed by atoms with E-state index in [0.29, 0.717) is 12.0 Å². The molecule has 21 heavy (non-hydrogen) atoms. The standard InChI is InChI=1S/C11H9FN4O5/c1-5-14-10(15-21-5)4-13-8-2-6(11(17)18)7(12)3-9(8)16(19)20/h2-3,13H,4H2,1H3,(H,17,18). The number of nitrogens with one attached hydrogen (secondary N) is 1. The number of aromatic carboxylic acids is 1. The maximum atomic E-state index is 13.5. The van der Waals surface area contributed by atoms with E-state index in [1.54, 1.807) is 6.92 Å². The van der Waals surface area contributed by atoms with Crippen molar-refractivity contribution < 1.29 is 23.7 Å². The molecule has 1 heterocycles. The fraction of sp³-hybridized carbons (Fsp3) is 0.182. The normalized spacial score (nSPS) is 10.4. The molecule has 0 bridgehead atoms. The molecule has 0 aliphatic heterocycles. The van der Waals surface area contributed by atoms with E-state index in [9.17, 15) is 19.3 Å². The van der Waals surface area contributed by atoms with Crippen molar-refractivity contribution in [2.45, 2.75) is 13.5 Å². The first kappa shape index (κ1) is 14.4. The van der Waals surface area contributed by atoms with Crippen LogP contribution in [0.4, 0.5) is 15.8 Å². The van der Waals surface area contributed by atoms with Gasteiger partial charge in [-0.25, -0.2) is 9.18 Å². The van der Waals surface area contributed by atoms with Crippen LogP contribution in [-0.4, -0.2) is 26.1 Å². The summed E-state index contributed by atoms with van der Waals surface area (Å²) in [5.41, 5.74) is -1.41. The molecule has 0 amide bonds. The van der Waals surface area contributed by atoms with Crippen molar-refractivity contribution in [2.75, 3.05) is 5.32 Å². The van der Waals surface area contributed by atoms with Gasteiger partial charge in [0.25, 0.3) is 5.69 Å². The number of aromatic nitrogens is 2. The lowest BCUT2D eigenvalue weighted by Crippen LogP contribution is -2.08. The van der Waals surface area contributed by atoms with Crippen molar-refractivity contribution in [1.29, 1.82) is 0 Å². The van der Waals surface area contributed by atoms with E-state index in [2.05, 4.69) is 15.5 Å². The van der Waals surface area contributed by atoms with Crippen LogP contribution >= 0.6 is 0 Å². The van der Waals surface area contributed by atoms with Crippen molar-refractivity contribution in [3.8, 4) is 0 Å². The molecule has 2 N–H and O–H groups in total. The van der Waals surface area contributed by atoms with Gasteiger partial charge in [-0.2, -0.15) is 4.98 Å². The van der Waals surface area contributed by atoms with Crippen LogP contribution in [0.5, 0.6) is 0 Å². The number of aryl methyl sites for hydroxylation is 1. The smallest absolute Gasteiger partial charge is 0.338 e. The fourth-order valence-electron chi connectivity index (χ4n) is 1.61. The average Bonchev–Trinajstić information content (AvgIpc) is 2.82. The van der Waals surface area contributed by atoms with Crippen LogP contribution in [0.3, 0.4) is 0 Å². The number of halogens is 1. The molecule has 1 aromatic carbocycles. The molecule has 0 spiro atoms. The summed E-state index contributed by atoms with van der Waals surface area (Å²) in [4.78, 5) is 24.8. The Balaban J connectivity index is 2.33. The topological polar surface area (TPSA) is 131 Å². The number of carbonyl (C=O) groups is 1. The molecule has 2 rings (SSSR count). The van der Waals surface area contributed by atoms with Crippen LogP contribution in [0.2, 0.25) is 0 Å². The Morgan fingerprint density at radius 3 is 2.81 bits per heavy atom. The Bertz CT molecular complexity index is 715. The molecule has 0 fully saturated rings. The van der Waals surface area contributed by atoms with E-state index in [1.165, 1.54) is 0 Å². The summed E-state index contributed by atoms with van der Waals surface area (Å²) in [6.07, 6.45) is 0. The molecule has 110 valence electrons. The second kappa shape index (κ2) is 5.53. The highest BCUT2D eigenvalue weighted by Crippen LogP contribution is 2.28. The lowest BCUT2D eigenvalue weighted by Gasteiger charge is -2.07. The summed E-state index contributed by atoms with van der Waals surface area (Å²) in [7, 11) is 0. The number of nitro benzene ring substituents is 1. The summed E-state index contributed by atoms with van der Waals surface area (Å²) in [5.74, 6) is -2.18. The second-order valence-electron chi connectivity index (χ2n) is 3.99. The Hall–Kier alpha value is -3.04. The summed E-state index contributed by atoms with van der Waals surface area (Å²) in [5, 5.41) is 25.9. The molecule has 0 unspecified atom stereocenters. The fourth-order valence-corrected chi connectivity index (χ4v) is 1.61. The van der Waals surface area contributed by atoms with Gasteiger partial charge in [-0.05, 0) is 6.07 Å². The largest absolute Gasteiger partial charge is 0.478 e. The molecule has 0 aliphatic carbocycles. The van der Waals surface area contributed by atoms with Gasteiger partial charge in [0.05, 0.1) is 23.1 Å². The Kier molecular flexibility index (Phi) is 3.78. The Morgan fingerprint density at radius 1 is 1.57 bits per heavy atom. The zero-order chi connectivity index (χ0) is 15.6. The third-order valence-electron chi connectivity index (χ3n) is 2.52. The van der Waals surface area contributed by atoms with Gasteiger partial charge in [-0.15, -0.1) is 0 Å². The summed E-state index contributed by atoms with van der Waals surface area (Å²) in [6.45, 7) is 1.53. The van der Waals surface area contributed by atoms with Crippen molar-refractivity contribution in [2.24, 2.45) is 0 Å². The number of nitrogens with zero attached hydrogens (tertiary/aromatic N) is 3. The average molecular weight is 296 g/mol. The van der Waals surface area contributed by atoms with Crippen LogP contribution in [0, 0.1) is 22.9 Å². The number of hydrogen-bond donors (Lipinski definition) is 2. The first-order valence-electron chi connectivity index (χ1n) is 5.62. The lowest BCUT2D eigenvalue weighted by atomic mass is 10.1. The number of carboxylic acid groups (broad SMARTS) is 1. The van der Waals surface area contributed by atoms with E-state index in [4.69, 9.17) is 9.63 Å². The third kappa shape index (κ3) is 3.11. The van der Waals surface area contributed by atoms with Crippen LogP contribution in [0.1, 0.15) is 22.1 Å². The van der Waals surface area contributed by atoms with E-state index in [1.807, 2.05) is 0 Å². The minimum Gasteiger partial charge on any atom is -0.478 e. The van der Waals surface area contributed by atoms with E-state index >= 15 is 0 Å². The molecule has 1 aromatic heterocycles. The third-order valence-corrected chi connectivity index (χ3v) is 2.52. The van der Waals surface area contributed by atoms with Gasteiger partial charge in [0.15, 0.2) is 5.82 Å². The maximum absolute atomic E-state index is 13.5. The van der Waals surface area contributed by atoms with Gasteiger partial charge in [0, 0.05) is 6.92 Å². The van der Waals surface area contributed by atoms with Gasteiger partial charge in [0.1, 0.15) is 11.5 Å². The van der Waals surface area contributed by atoms with Crippen molar-refractivity contribution >= 4 is 17.3 Å². The SMILES string of the molecule is Cc1nc(CNc2cc(C(=O)O)c(F)cc2[N+](=O)[O-])no1. The molecule has 10 heteroatoms. The van der Waals surface area contributed by atoms with Crippen molar-refractivity contribution in [1.82, 2.24) is 10.1 Å². The first-order valence-corrected chi connectivity index (χ1v) is 5.62. The van der Waals surface area contributed by atoms with Crippen LogP contribution in [0.25, 0.3) is 0 Å². The second-order valence-corrected chi connectivity index (χ2v) is 3.99. The molecule has 2 aromatic rings. The number of rotatable bonds is 5. The predicted molar refractivity (Wildman–Crippen MR) is 66.4 cm³/mol. The molecular weight excluding hydrogens is 287 g/mol. The van der Waals surface area contributed by atoms with Crippen LogP contribution in [-0.2, 0) is 6.54 Å². The molecule has 0 radical (unpaired) electrons. The van der Waals surface area contributed by atoms with Gasteiger partial charge in [0.2, 0.25) is 5.89 Å². The van der Waals surface area contributed by atoms with Crippen LogP contribution in [0.15, 0.2) is 16.7 Å². The lowest BCUT2D eigenvalue weighted by molar-refractivity contribution is -0.384. The number of carboxylic acids is 1. The monoisotopic (exact) mass is 296 g/mol. The van der Waals surface area contributed by atoms with E-state index < -0.39 is 28.0 Å². The van der Waals surface area contributed by atoms with Gasteiger partial charge < -0.3 is 14.9 Å². The van der Waals surface area contributed by atoms with Gasteiger partial charge >= 0.3 is 5.97 Å². The number of benzene rings is 1. The highest BCUT2D eigenvalue weighted by molar-refractivity contribution is 5.90. The Labute approximate surface area is 116 Å². The van der Waals surface area contributed by atoms with E-state index in [0.717, 1.165) is 6.07 Å². The molecule has 9 nitrogen and oxygen atoms in total. The summed E-state index contributed by atoms with van der Waals surface area (Å²) >= 11 is 0. The number of nitro groups is 1. The van der Waals surface area contributed by atoms with Crippen molar-refractivity contribution in [3.05, 3.63) is 45.3 Å². The number of hydrogen-bond acceptors (Lipinski definition) is 7. The zero-order valence-electron chi connectivity index (χ0n) is 10.7. The minimum absolute atomic E-state index is 0.0388. The molecule has 0 aliphatic rings. The highest BCUT2D eigenvalue weighted by Gasteiger charge is 2.21. The quantitative estimate of drug-likeness (QED) is 0.629. The van der Waals surface area contributed by atoms with Gasteiger partial charge in [-0.3, -0.25) is 10.1 Å². The predicted octanol–water partition coefficient (Wildman–Crippen LogP) is 1.74. The molecule has 0 saturated heterocycles.